The van der Waals surface area contributed by atoms with Crippen molar-refractivity contribution < 1.29 is 44.4 Å². The Hall–Kier alpha value is -4.69. The molecule has 14 heteroatoms. The van der Waals surface area contributed by atoms with Gasteiger partial charge in [0.05, 0.1) is 6.04 Å². The second-order valence-corrected chi connectivity index (χ2v) is 10.1. The smallest absolute Gasteiger partial charge is 0.326 e. The lowest BCUT2D eigenvalue weighted by Gasteiger charge is -2.25. The van der Waals surface area contributed by atoms with E-state index in [1.807, 2.05) is 0 Å². The van der Waals surface area contributed by atoms with Crippen molar-refractivity contribution in [2.75, 3.05) is 6.54 Å². The van der Waals surface area contributed by atoms with Gasteiger partial charge in [0.1, 0.15) is 29.6 Å². The first-order valence-corrected chi connectivity index (χ1v) is 13.8. The fourth-order valence-corrected chi connectivity index (χ4v) is 4.17. The van der Waals surface area contributed by atoms with Gasteiger partial charge in [-0.2, -0.15) is 0 Å². The number of phenolic OH excluding ortho intramolecular Hbond substituents is 2. The van der Waals surface area contributed by atoms with Crippen LogP contribution in [-0.2, 0) is 36.8 Å². The zero-order valence-electron chi connectivity index (χ0n) is 23.6. The second kappa shape index (κ2) is 17.3. The monoisotopic (exact) mass is 601 g/mol. The average molecular weight is 602 g/mol. The number of aliphatic carboxylic acids is 2. The van der Waals surface area contributed by atoms with E-state index < -0.39 is 60.2 Å². The Balaban J connectivity index is 2.23. The summed E-state index contributed by atoms with van der Waals surface area (Å²) in [7, 11) is 0. The molecular formula is C29H39N5O9. The molecule has 2 rings (SSSR count). The van der Waals surface area contributed by atoms with Crippen LogP contribution in [0.1, 0.15) is 43.2 Å². The highest BCUT2D eigenvalue weighted by Gasteiger charge is 2.31. The van der Waals surface area contributed by atoms with Gasteiger partial charge in [-0.05, 0) is 74.0 Å². The fraction of sp³-hybridized carbons (Fsp3) is 0.414. The maximum Gasteiger partial charge on any atom is 0.326 e. The average Bonchev–Trinajstić information content (AvgIpc) is 2.96. The number of nitrogens with one attached hydrogen (secondary N) is 3. The van der Waals surface area contributed by atoms with Gasteiger partial charge in [-0.1, -0.05) is 24.3 Å². The summed E-state index contributed by atoms with van der Waals surface area (Å²) in [6, 6.07) is 6.72. The molecular weight excluding hydrogens is 562 g/mol. The molecule has 11 N–H and O–H groups in total. The highest BCUT2D eigenvalue weighted by Crippen LogP contribution is 2.14. The first-order chi connectivity index (χ1) is 20.4. The number of phenols is 2. The first kappa shape index (κ1) is 34.5. The van der Waals surface area contributed by atoms with E-state index in [2.05, 4.69) is 16.0 Å². The van der Waals surface area contributed by atoms with Crippen molar-refractivity contribution >= 4 is 29.7 Å². The molecule has 4 unspecified atom stereocenters. The third-order valence-corrected chi connectivity index (χ3v) is 6.58. The summed E-state index contributed by atoms with van der Waals surface area (Å²) < 4.78 is 0. The molecule has 0 saturated heterocycles. The maximum absolute atomic E-state index is 13.4. The zero-order chi connectivity index (χ0) is 31.9. The summed E-state index contributed by atoms with van der Waals surface area (Å²) in [6.07, 6.45) is 0.253. The molecule has 0 aromatic heterocycles. The Labute approximate surface area is 248 Å². The Bertz CT molecular complexity index is 1240. The van der Waals surface area contributed by atoms with E-state index in [-0.39, 0.29) is 37.2 Å². The van der Waals surface area contributed by atoms with Crippen LogP contribution in [0.25, 0.3) is 0 Å². The number of nitrogens with two attached hydrogens (primary N) is 2. The number of rotatable bonds is 18. The zero-order valence-corrected chi connectivity index (χ0v) is 23.6. The third kappa shape index (κ3) is 12.4. The van der Waals surface area contributed by atoms with Gasteiger partial charge in [0.15, 0.2) is 0 Å². The van der Waals surface area contributed by atoms with E-state index in [1.54, 1.807) is 12.1 Å². The van der Waals surface area contributed by atoms with Crippen LogP contribution in [0.5, 0.6) is 11.5 Å². The van der Waals surface area contributed by atoms with Gasteiger partial charge in [-0.15, -0.1) is 0 Å². The van der Waals surface area contributed by atoms with Crippen LogP contribution in [0, 0.1) is 0 Å². The quantitative estimate of drug-likeness (QED) is 0.101. The van der Waals surface area contributed by atoms with E-state index >= 15 is 0 Å². The van der Waals surface area contributed by atoms with Crippen molar-refractivity contribution in [1.29, 1.82) is 0 Å². The molecule has 0 radical (unpaired) electrons. The highest BCUT2D eigenvalue weighted by molar-refractivity contribution is 5.94. The summed E-state index contributed by atoms with van der Waals surface area (Å²) >= 11 is 0. The molecule has 2 aromatic rings. The van der Waals surface area contributed by atoms with E-state index in [0.717, 1.165) is 0 Å². The number of unbranched alkanes of at least 4 members (excludes halogenated alkanes) is 1. The van der Waals surface area contributed by atoms with Crippen molar-refractivity contribution in [2.45, 2.75) is 69.1 Å². The standard InChI is InChI=1S/C29H39N5O9/c30-14-2-1-3-23(29(42)43)33-28(41)24(16-18-6-10-20(36)11-7-18)34-27(40)22(12-13-25(37)38)32-26(39)21(31)15-17-4-8-19(35)9-5-17/h4-11,21-24,35-36H,1-3,12-16,30-31H2,(H,32,39)(H,33,41)(H,34,40)(H,37,38)(H,42,43). The Morgan fingerprint density at radius 2 is 1.14 bits per heavy atom. The Kier molecular flexibility index (Phi) is 13.9. The number of amides is 3. The molecule has 0 aliphatic carbocycles. The van der Waals surface area contributed by atoms with Crippen LogP contribution in [0.3, 0.4) is 0 Å². The molecule has 0 spiro atoms. The van der Waals surface area contributed by atoms with Crippen LogP contribution >= 0.6 is 0 Å². The first-order valence-electron chi connectivity index (χ1n) is 13.8. The largest absolute Gasteiger partial charge is 0.508 e. The molecule has 0 aliphatic heterocycles. The van der Waals surface area contributed by atoms with Crippen LogP contribution in [0.15, 0.2) is 48.5 Å². The number of hydrogen-bond acceptors (Lipinski definition) is 9. The molecule has 0 bridgehead atoms. The molecule has 234 valence electrons. The number of carbonyl (C=O) groups is 5. The molecule has 2 aromatic carbocycles. The topological polar surface area (TPSA) is 254 Å². The lowest BCUT2D eigenvalue weighted by atomic mass is 10.0. The van der Waals surface area contributed by atoms with Gasteiger partial charge in [-0.3, -0.25) is 19.2 Å². The van der Waals surface area contributed by atoms with E-state index in [9.17, 15) is 44.4 Å². The van der Waals surface area contributed by atoms with Gasteiger partial charge >= 0.3 is 11.9 Å². The molecule has 3 amide bonds. The van der Waals surface area contributed by atoms with Gasteiger partial charge < -0.3 is 47.8 Å². The minimum atomic E-state index is -1.38. The number of carboxylic acids is 2. The van der Waals surface area contributed by atoms with Crippen molar-refractivity contribution in [3.63, 3.8) is 0 Å². The maximum atomic E-state index is 13.4. The minimum Gasteiger partial charge on any atom is -0.508 e. The number of hydrogen-bond donors (Lipinski definition) is 9. The third-order valence-electron chi connectivity index (χ3n) is 6.58. The Morgan fingerprint density at radius 3 is 1.65 bits per heavy atom. The molecule has 4 atom stereocenters. The SMILES string of the molecule is NCCCCC(NC(=O)C(Cc1ccc(O)cc1)NC(=O)C(CCC(=O)O)NC(=O)C(N)Cc1ccc(O)cc1)C(=O)O. The van der Waals surface area contributed by atoms with E-state index in [1.165, 1.54) is 36.4 Å². The van der Waals surface area contributed by atoms with Crippen molar-refractivity contribution in [3.8, 4) is 11.5 Å². The lowest BCUT2D eigenvalue weighted by Crippen LogP contribution is -2.57. The fourth-order valence-electron chi connectivity index (χ4n) is 4.17. The minimum absolute atomic E-state index is 0.0280. The predicted molar refractivity (Wildman–Crippen MR) is 155 cm³/mol. The van der Waals surface area contributed by atoms with Gasteiger partial charge in [0.25, 0.3) is 0 Å². The van der Waals surface area contributed by atoms with Crippen molar-refractivity contribution in [3.05, 3.63) is 59.7 Å². The van der Waals surface area contributed by atoms with E-state index in [4.69, 9.17) is 11.5 Å². The molecule has 0 saturated carbocycles. The number of benzene rings is 2. The number of carboxylic acid groups (broad SMARTS) is 2. The van der Waals surface area contributed by atoms with Crippen LogP contribution in [0.4, 0.5) is 0 Å². The highest BCUT2D eigenvalue weighted by atomic mass is 16.4. The lowest BCUT2D eigenvalue weighted by molar-refractivity contribution is -0.142. The van der Waals surface area contributed by atoms with Crippen LogP contribution in [0.2, 0.25) is 0 Å². The molecule has 14 nitrogen and oxygen atoms in total. The number of aromatic hydroxyl groups is 2. The normalized spacial score (nSPS) is 13.6. The summed E-state index contributed by atoms with van der Waals surface area (Å²) in [4.78, 5) is 62.5. The summed E-state index contributed by atoms with van der Waals surface area (Å²) in [5.74, 6) is -4.92. The number of carbonyl (C=O) groups excluding carboxylic acids is 3. The second-order valence-electron chi connectivity index (χ2n) is 10.1. The van der Waals surface area contributed by atoms with Crippen LogP contribution < -0.4 is 27.4 Å². The van der Waals surface area contributed by atoms with Crippen molar-refractivity contribution in [2.24, 2.45) is 11.5 Å². The molecule has 0 fully saturated rings. The van der Waals surface area contributed by atoms with Gasteiger partial charge in [-0.25, -0.2) is 4.79 Å². The van der Waals surface area contributed by atoms with Crippen molar-refractivity contribution in [1.82, 2.24) is 16.0 Å². The molecule has 0 heterocycles. The summed E-state index contributed by atoms with van der Waals surface area (Å²) in [5, 5.41) is 45.2. The molecule has 0 aliphatic rings. The summed E-state index contributed by atoms with van der Waals surface area (Å²) in [5.41, 5.74) is 12.7. The van der Waals surface area contributed by atoms with E-state index in [0.29, 0.717) is 30.5 Å². The molecule has 43 heavy (non-hydrogen) atoms. The summed E-state index contributed by atoms with van der Waals surface area (Å²) in [6.45, 7) is 0.349. The predicted octanol–water partition coefficient (Wildman–Crippen LogP) is -0.257. The van der Waals surface area contributed by atoms with Gasteiger partial charge in [0, 0.05) is 12.8 Å². The van der Waals surface area contributed by atoms with Crippen LogP contribution in [-0.4, -0.2) is 80.8 Å². The van der Waals surface area contributed by atoms with Gasteiger partial charge in [0.2, 0.25) is 17.7 Å². The Morgan fingerprint density at radius 1 is 0.651 bits per heavy atom.